The lowest BCUT2D eigenvalue weighted by Gasteiger charge is -2.30. The van der Waals surface area contributed by atoms with E-state index in [4.69, 9.17) is 4.74 Å². The number of piperidine rings is 1. The molecule has 1 aromatic heterocycles. The molecule has 3 rings (SSSR count). The number of hydrogen-bond acceptors (Lipinski definition) is 5. The number of aromatic hydroxyl groups is 1. The van der Waals surface area contributed by atoms with Gasteiger partial charge in [-0.1, -0.05) is 12.1 Å². The van der Waals surface area contributed by atoms with Gasteiger partial charge in [0.1, 0.15) is 5.92 Å². The highest BCUT2D eigenvalue weighted by atomic mass is 16.5. The molecule has 1 fully saturated rings. The minimum atomic E-state index is -1.05. The Labute approximate surface area is 144 Å². The van der Waals surface area contributed by atoms with E-state index in [1.165, 1.54) is 13.2 Å². The number of amides is 2. The maximum Gasteiger partial charge on any atom is 0.296 e. The number of aromatic nitrogens is 1. The van der Waals surface area contributed by atoms with Crippen LogP contribution in [-0.4, -0.2) is 24.0 Å². The van der Waals surface area contributed by atoms with Crippen LogP contribution in [0.2, 0.25) is 0 Å². The van der Waals surface area contributed by atoms with Crippen molar-refractivity contribution in [3.05, 3.63) is 54.4 Å². The first-order valence-corrected chi connectivity index (χ1v) is 7.64. The highest BCUT2D eigenvalue weighted by molar-refractivity contribution is 6.02. The first-order valence-electron chi connectivity index (χ1n) is 7.64. The summed E-state index contributed by atoms with van der Waals surface area (Å²) in [5, 5.41) is 21.6. The lowest BCUT2D eigenvalue weighted by atomic mass is 9.77. The Kier molecular flexibility index (Phi) is 4.35. The van der Waals surface area contributed by atoms with Gasteiger partial charge in [-0.2, -0.15) is 9.83 Å². The summed E-state index contributed by atoms with van der Waals surface area (Å²) >= 11 is 0. The SMILES string of the molecule is COc1cc([C@@H]2[C@@H](C#N)C(=O)NC(=O)[C@@H]2[n+]2ccccc2)ccc1O. The van der Waals surface area contributed by atoms with Gasteiger partial charge in [0, 0.05) is 12.1 Å². The van der Waals surface area contributed by atoms with E-state index < -0.39 is 29.7 Å². The molecule has 2 amide bonds. The predicted molar refractivity (Wildman–Crippen MR) is 85.3 cm³/mol. The molecule has 3 atom stereocenters. The van der Waals surface area contributed by atoms with Gasteiger partial charge in [0.15, 0.2) is 23.9 Å². The summed E-state index contributed by atoms with van der Waals surface area (Å²) in [4.78, 5) is 24.7. The van der Waals surface area contributed by atoms with Crippen LogP contribution in [-0.2, 0) is 9.59 Å². The van der Waals surface area contributed by atoms with Gasteiger partial charge < -0.3 is 9.84 Å². The Bertz CT molecular complexity index is 860. The second kappa shape index (κ2) is 6.61. The van der Waals surface area contributed by atoms with Crippen molar-refractivity contribution in [2.24, 2.45) is 5.92 Å². The molecule has 0 spiro atoms. The molecule has 0 aliphatic carbocycles. The number of nitrogens with one attached hydrogen (secondary N) is 1. The average molecular weight is 338 g/mol. The molecule has 126 valence electrons. The van der Waals surface area contributed by atoms with Crippen LogP contribution in [0.15, 0.2) is 48.8 Å². The topological polar surface area (TPSA) is 103 Å². The molecule has 1 aromatic carbocycles. The zero-order valence-corrected chi connectivity index (χ0v) is 13.4. The molecule has 7 nitrogen and oxygen atoms in total. The zero-order valence-electron chi connectivity index (χ0n) is 13.4. The number of imide groups is 1. The highest BCUT2D eigenvalue weighted by Gasteiger charge is 2.50. The summed E-state index contributed by atoms with van der Waals surface area (Å²) in [6.07, 6.45) is 3.41. The number of nitrogens with zero attached hydrogens (tertiary/aromatic N) is 2. The first-order chi connectivity index (χ1) is 12.1. The van der Waals surface area contributed by atoms with Crippen LogP contribution in [0.3, 0.4) is 0 Å². The average Bonchev–Trinajstić information content (AvgIpc) is 2.62. The molecule has 0 radical (unpaired) electrons. The standard InChI is InChI=1S/C18H15N3O4/c1-25-14-9-11(5-6-13(14)22)15-12(10-19)17(23)20-18(24)16(15)21-7-3-2-4-8-21/h2-9,12,15-16H,1H3,(H-,20,22,23,24)/p+1/t12-,15-,16-/m1/s1. The Morgan fingerprint density at radius 2 is 1.92 bits per heavy atom. The van der Waals surface area contributed by atoms with E-state index in [-0.39, 0.29) is 11.5 Å². The summed E-state index contributed by atoms with van der Waals surface area (Å²) in [5.41, 5.74) is 0.561. The molecular weight excluding hydrogens is 322 g/mol. The second-order valence-electron chi connectivity index (χ2n) is 5.68. The van der Waals surface area contributed by atoms with E-state index in [1.54, 1.807) is 41.2 Å². The fourth-order valence-corrected chi connectivity index (χ4v) is 3.12. The number of nitriles is 1. The summed E-state index contributed by atoms with van der Waals surface area (Å²) < 4.78 is 6.78. The number of phenols is 1. The number of pyridine rings is 1. The molecule has 0 bridgehead atoms. The van der Waals surface area contributed by atoms with E-state index in [9.17, 15) is 20.0 Å². The van der Waals surface area contributed by atoms with Crippen molar-refractivity contribution in [2.45, 2.75) is 12.0 Å². The van der Waals surface area contributed by atoms with Gasteiger partial charge in [-0.25, -0.2) is 0 Å². The minimum Gasteiger partial charge on any atom is -0.504 e. The molecule has 7 heteroatoms. The Hall–Kier alpha value is -3.40. The molecule has 25 heavy (non-hydrogen) atoms. The van der Waals surface area contributed by atoms with Crippen LogP contribution >= 0.6 is 0 Å². The van der Waals surface area contributed by atoms with Crippen molar-refractivity contribution in [3.63, 3.8) is 0 Å². The van der Waals surface area contributed by atoms with Crippen molar-refractivity contribution < 1.29 is 24.0 Å². The van der Waals surface area contributed by atoms with Gasteiger partial charge in [0.05, 0.1) is 19.1 Å². The normalized spacial score (nSPS) is 22.8. The third-order valence-electron chi connectivity index (χ3n) is 4.28. The maximum absolute atomic E-state index is 12.5. The lowest BCUT2D eigenvalue weighted by molar-refractivity contribution is -0.713. The Balaban J connectivity index is 2.16. The molecule has 2 aromatic rings. The number of phenolic OH excluding ortho intramolecular Hbond substituents is 1. The molecule has 1 saturated heterocycles. The molecular formula is C18H16N3O4+. The van der Waals surface area contributed by atoms with E-state index in [0.29, 0.717) is 5.56 Å². The van der Waals surface area contributed by atoms with Crippen molar-refractivity contribution in [3.8, 4) is 17.6 Å². The summed E-state index contributed by atoms with van der Waals surface area (Å²) in [6, 6.07) is 11.1. The van der Waals surface area contributed by atoms with Crippen molar-refractivity contribution >= 4 is 11.8 Å². The third-order valence-corrected chi connectivity index (χ3v) is 4.28. The fraction of sp³-hybridized carbons (Fsp3) is 0.222. The van der Waals surface area contributed by atoms with Gasteiger partial charge in [-0.3, -0.25) is 14.9 Å². The zero-order chi connectivity index (χ0) is 18.0. The summed E-state index contributed by atoms with van der Waals surface area (Å²) in [6.45, 7) is 0. The smallest absolute Gasteiger partial charge is 0.296 e. The molecule has 1 aliphatic heterocycles. The maximum atomic E-state index is 12.5. The Morgan fingerprint density at radius 1 is 1.20 bits per heavy atom. The quantitative estimate of drug-likeness (QED) is 0.637. The molecule has 2 heterocycles. The van der Waals surface area contributed by atoms with Gasteiger partial charge in [-0.15, -0.1) is 0 Å². The van der Waals surface area contributed by atoms with Crippen LogP contribution < -0.4 is 14.6 Å². The summed E-state index contributed by atoms with van der Waals surface area (Å²) in [5.74, 6) is -2.72. The Morgan fingerprint density at radius 3 is 2.56 bits per heavy atom. The summed E-state index contributed by atoms with van der Waals surface area (Å²) in [7, 11) is 1.41. The third kappa shape index (κ3) is 2.90. The van der Waals surface area contributed by atoms with Gasteiger partial charge in [0.25, 0.3) is 5.91 Å². The number of carbonyl (C=O) groups excluding carboxylic acids is 2. The first kappa shape index (κ1) is 16.5. The number of methoxy groups -OCH3 is 1. The number of carbonyl (C=O) groups is 2. The van der Waals surface area contributed by atoms with Crippen LogP contribution in [0.1, 0.15) is 17.5 Å². The largest absolute Gasteiger partial charge is 0.504 e. The van der Waals surface area contributed by atoms with Gasteiger partial charge >= 0.3 is 0 Å². The monoisotopic (exact) mass is 338 g/mol. The van der Waals surface area contributed by atoms with E-state index in [1.807, 2.05) is 12.1 Å². The molecule has 2 N–H and O–H groups in total. The number of hydrogen-bond donors (Lipinski definition) is 2. The van der Waals surface area contributed by atoms with Crippen molar-refractivity contribution in [1.82, 2.24) is 5.32 Å². The van der Waals surface area contributed by atoms with Crippen LogP contribution in [0, 0.1) is 17.2 Å². The van der Waals surface area contributed by atoms with Gasteiger partial charge in [0.2, 0.25) is 11.9 Å². The number of rotatable bonds is 3. The van der Waals surface area contributed by atoms with E-state index in [2.05, 4.69) is 5.32 Å². The van der Waals surface area contributed by atoms with Crippen molar-refractivity contribution in [2.75, 3.05) is 7.11 Å². The number of ether oxygens (including phenoxy) is 1. The predicted octanol–water partition coefficient (Wildman–Crippen LogP) is 0.809. The second-order valence-corrected chi connectivity index (χ2v) is 5.68. The molecule has 0 unspecified atom stereocenters. The van der Waals surface area contributed by atoms with Gasteiger partial charge in [-0.05, 0) is 17.7 Å². The van der Waals surface area contributed by atoms with Crippen LogP contribution in [0.25, 0.3) is 0 Å². The van der Waals surface area contributed by atoms with Crippen LogP contribution in [0.5, 0.6) is 11.5 Å². The van der Waals surface area contributed by atoms with E-state index in [0.717, 1.165) is 0 Å². The number of benzene rings is 1. The lowest BCUT2D eigenvalue weighted by Crippen LogP contribution is -2.59. The minimum absolute atomic E-state index is 0.0599. The fourth-order valence-electron chi connectivity index (χ4n) is 3.12. The van der Waals surface area contributed by atoms with Crippen molar-refractivity contribution in [1.29, 1.82) is 5.26 Å². The van der Waals surface area contributed by atoms with E-state index >= 15 is 0 Å². The molecule has 1 aliphatic rings. The highest BCUT2D eigenvalue weighted by Crippen LogP contribution is 2.39. The molecule has 0 saturated carbocycles. The van der Waals surface area contributed by atoms with Crippen LogP contribution in [0.4, 0.5) is 0 Å².